The van der Waals surface area contributed by atoms with E-state index in [-0.39, 0.29) is 51.4 Å². The van der Waals surface area contributed by atoms with Crippen LogP contribution in [0.2, 0.25) is 0 Å². The van der Waals surface area contributed by atoms with Crippen LogP contribution in [-0.2, 0) is 39.0 Å². The first-order chi connectivity index (χ1) is 19.9. The van der Waals surface area contributed by atoms with Crippen LogP contribution < -0.4 is 12.4 Å². The third-order valence-corrected chi connectivity index (χ3v) is 5.12. The molecule has 6 heterocycles. The summed E-state index contributed by atoms with van der Waals surface area (Å²) in [5.41, 5.74) is 6.55. The molecule has 0 N–H and O–H groups in total. The van der Waals surface area contributed by atoms with E-state index in [4.69, 9.17) is 0 Å². The second kappa shape index (κ2) is 19.4. The van der Waals surface area contributed by atoms with E-state index < -0.39 is 7.25 Å². The van der Waals surface area contributed by atoms with Gasteiger partial charge in [0.25, 0.3) is 0 Å². The van der Waals surface area contributed by atoms with Crippen LogP contribution in [0.25, 0.3) is 45.6 Å². The molecular formula is C29H21BClF4N7RhRu+3. The molecule has 0 spiro atoms. The Morgan fingerprint density at radius 1 is 0.386 bits per heavy atom. The van der Waals surface area contributed by atoms with Crippen molar-refractivity contribution in [1.29, 1.82) is 0 Å². The molecule has 6 rings (SSSR count). The van der Waals surface area contributed by atoms with Crippen LogP contribution in [0.15, 0.2) is 128 Å². The van der Waals surface area contributed by atoms with Gasteiger partial charge in [-0.25, -0.2) is 4.98 Å². The molecule has 6 aromatic rings. The molecule has 0 aliphatic heterocycles. The van der Waals surface area contributed by atoms with E-state index in [1.54, 1.807) is 37.2 Å². The van der Waals surface area contributed by atoms with Crippen molar-refractivity contribution >= 4 is 7.25 Å². The molecule has 0 aliphatic rings. The van der Waals surface area contributed by atoms with Crippen LogP contribution in [0.3, 0.4) is 0 Å². The average Bonchev–Trinajstić information content (AvgIpc) is 3.02. The number of nitrogens with zero attached hydrogens (tertiary/aromatic N) is 7. The van der Waals surface area contributed by atoms with Crippen LogP contribution in [0.4, 0.5) is 17.3 Å². The van der Waals surface area contributed by atoms with E-state index >= 15 is 0 Å². The van der Waals surface area contributed by atoms with Crippen molar-refractivity contribution in [2.45, 2.75) is 0 Å². The summed E-state index contributed by atoms with van der Waals surface area (Å²) in [6.45, 7) is 0. The van der Waals surface area contributed by atoms with Crippen molar-refractivity contribution in [3.05, 3.63) is 128 Å². The Kier molecular flexibility index (Phi) is 16.9. The van der Waals surface area contributed by atoms with E-state index in [1.165, 1.54) is 0 Å². The van der Waals surface area contributed by atoms with Crippen molar-refractivity contribution < 1.29 is 68.6 Å². The smallest absolute Gasteiger partial charge is 1.00 e. The number of pyridine rings is 5. The van der Waals surface area contributed by atoms with Gasteiger partial charge in [-0.1, -0.05) is 30.3 Å². The molecule has 44 heavy (non-hydrogen) atoms. The van der Waals surface area contributed by atoms with Gasteiger partial charge in [0.05, 0.1) is 34.2 Å². The Morgan fingerprint density at radius 3 is 0.977 bits per heavy atom. The van der Waals surface area contributed by atoms with Gasteiger partial charge in [0.15, 0.2) is 0 Å². The summed E-state index contributed by atoms with van der Waals surface area (Å²) in [6, 6.07) is 28.9. The summed E-state index contributed by atoms with van der Waals surface area (Å²) < 4.78 is 39.0. The maximum atomic E-state index is 9.75. The zero-order valence-corrected chi connectivity index (χ0v) is 26.5. The Balaban J connectivity index is 0.000000361. The van der Waals surface area contributed by atoms with Crippen LogP contribution in [-0.4, -0.2) is 42.1 Å². The molecule has 224 valence electrons. The maximum Gasteiger partial charge on any atom is 3.00 e. The number of rotatable bonds is 4. The van der Waals surface area contributed by atoms with Crippen molar-refractivity contribution in [2.24, 2.45) is 0 Å². The molecule has 0 atom stereocenters. The SMILES string of the molecule is F[B-](F)(F)F.[Cl-].[Rh+3].[Ru+2].c1ccc(-c2cccc(-c3ccccn3)n2)nc1.c1ccc(-c2nccnc2-c2ccccn2)nc1. The van der Waals surface area contributed by atoms with Crippen LogP contribution in [0, 0.1) is 0 Å². The van der Waals surface area contributed by atoms with E-state index in [0.717, 1.165) is 45.6 Å². The fourth-order valence-electron chi connectivity index (χ4n) is 3.47. The Bertz CT molecular complexity index is 1530. The minimum absolute atomic E-state index is 0. The van der Waals surface area contributed by atoms with Gasteiger partial charge < -0.3 is 29.7 Å². The van der Waals surface area contributed by atoms with E-state index in [2.05, 4.69) is 34.9 Å². The van der Waals surface area contributed by atoms with E-state index in [1.807, 2.05) is 91.0 Å². The number of hydrogen-bond acceptors (Lipinski definition) is 7. The number of halogens is 5. The molecule has 0 unspecified atom stereocenters. The summed E-state index contributed by atoms with van der Waals surface area (Å²) in [5, 5.41) is 0. The van der Waals surface area contributed by atoms with E-state index in [9.17, 15) is 17.3 Å². The molecule has 0 aliphatic carbocycles. The molecule has 0 bridgehead atoms. The van der Waals surface area contributed by atoms with Gasteiger partial charge in [0.1, 0.15) is 11.4 Å². The summed E-state index contributed by atoms with van der Waals surface area (Å²) in [7, 11) is -6.00. The van der Waals surface area contributed by atoms with Crippen molar-refractivity contribution in [3.8, 4) is 45.6 Å². The standard InChI is InChI=1S/C15H11N3.C14H10N4.BF4.ClH.Rh.Ru/c1-3-10-16-12(6-1)14-8-5-9-15(18-14)13-7-2-4-11-17-13;1-3-7-15-11(5-1)13-14(18-10-9-17-13)12-6-2-4-8-16-12;2-1(3,4)5;;;/h1-11H;1-10H;;1H;;/q;;-1;;+3;+2/p-1. The van der Waals surface area contributed by atoms with Gasteiger partial charge in [-0.2, -0.15) is 0 Å². The predicted octanol–water partition coefficient (Wildman–Crippen LogP) is 4.11. The van der Waals surface area contributed by atoms with E-state index in [0.29, 0.717) is 0 Å². The molecule has 0 saturated carbocycles. The van der Waals surface area contributed by atoms with Gasteiger partial charge in [-0.3, -0.25) is 29.9 Å². The van der Waals surface area contributed by atoms with Gasteiger partial charge in [0, 0.05) is 37.2 Å². The normalized spacial score (nSPS) is 9.73. The fraction of sp³-hybridized carbons (Fsp3) is 0. The van der Waals surface area contributed by atoms with Crippen LogP contribution in [0.1, 0.15) is 0 Å². The second-order valence-corrected chi connectivity index (χ2v) is 8.02. The summed E-state index contributed by atoms with van der Waals surface area (Å²) >= 11 is 0. The topological polar surface area (TPSA) is 90.2 Å². The average molecular weight is 794 g/mol. The molecule has 0 aromatic carbocycles. The quantitative estimate of drug-likeness (QED) is 0.196. The van der Waals surface area contributed by atoms with Crippen molar-refractivity contribution in [3.63, 3.8) is 0 Å². The fourth-order valence-corrected chi connectivity index (χ4v) is 3.47. The third-order valence-electron chi connectivity index (χ3n) is 5.12. The molecular weight excluding hydrogens is 773 g/mol. The minimum Gasteiger partial charge on any atom is -1.00 e. The summed E-state index contributed by atoms with van der Waals surface area (Å²) in [6.07, 6.45) is 10.3. The first-order valence-corrected chi connectivity index (χ1v) is 12.2. The molecule has 15 heteroatoms. The Hall–Kier alpha value is -3.85. The number of aromatic nitrogens is 7. The molecule has 0 amide bonds. The molecule has 0 saturated heterocycles. The predicted molar refractivity (Wildman–Crippen MR) is 149 cm³/mol. The largest absolute Gasteiger partial charge is 3.00 e. The maximum absolute atomic E-state index is 9.75. The zero-order chi connectivity index (χ0) is 28.9. The minimum atomic E-state index is -6.00. The molecule has 0 radical (unpaired) electrons. The van der Waals surface area contributed by atoms with Gasteiger partial charge >= 0.3 is 46.2 Å². The summed E-state index contributed by atoms with van der Waals surface area (Å²) in [4.78, 5) is 30.5. The third kappa shape index (κ3) is 12.4. The molecule has 6 aromatic heterocycles. The Morgan fingerprint density at radius 2 is 0.682 bits per heavy atom. The van der Waals surface area contributed by atoms with Crippen LogP contribution >= 0.6 is 0 Å². The van der Waals surface area contributed by atoms with Crippen molar-refractivity contribution in [2.75, 3.05) is 0 Å². The van der Waals surface area contributed by atoms with Gasteiger partial charge in [0.2, 0.25) is 0 Å². The van der Waals surface area contributed by atoms with Gasteiger partial charge in [-0.05, 0) is 60.7 Å². The van der Waals surface area contributed by atoms with Crippen LogP contribution in [0.5, 0.6) is 0 Å². The first-order valence-electron chi connectivity index (χ1n) is 12.2. The molecule has 7 nitrogen and oxygen atoms in total. The van der Waals surface area contributed by atoms with Crippen molar-refractivity contribution in [1.82, 2.24) is 34.9 Å². The molecule has 0 fully saturated rings. The number of hydrogen-bond donors (Lipinski definition) is 0. The first kappa shape index (κ1) is 38.2. The Labute approximate surface area is 283 Å². The zero-order valence-electron chi connectivity index (χ0n) is 22.4. The summed E-state index contributed by atoms with van der Waals surface area (Å²) in [5.74, 6) is 0. The second-order valence-electron chi connectivity index (χ2n) is 8.02. The monoisotopic (exact) mass is 794 g/mol. The van der Waals surface area contributed by atoms with Gasteiger partial charge in [-0.15, -0.1) is 0 Å².